The minimum absolute atomic E-state index is 0.113. The summed E-state index contributed by atoms with van der Waals surface area (Å²) in [6.45, 7) is 8.29. The summed E-state index contributed by atoms with van der Waals surface area (Å²) in [5.41, 5.74) is 3.58. The van der Waals surface area contributed by atoms with Gasteiger partial charge in [-0.25, -0.2) is 9.79 Å². The molecule has 144 valence electrons. The van der Waals surface area contributed by atoms with E-state index < -0.39 is 12.2 Å². The van der Waals surface area contributed by atoms with Gasteiger partial charge in [0.05, 0.1) is 0 Å². The zero-order valence-electron chi connectivity index (χ0n) is 16.5. The Labute approximate surface area is 160 Å². The highest BCUT2D eigenvalue weighted by molar-refractivity contribution is 6.08. The van der Waals surface area contributed by atoms with E-state index in [1.165, 1.54) is 16.0 Å². The third-order valence-corrected chi connectivity index (χ3v) is 5.98. The first-order chi connectivity index (χ1) is 13.0. The van der Waals surface area contributed by atoms with E-state index in [-0.39, 0.29) is 11.9 Å². The lowest BCUT2D eigenvalue weighted by atomic mass is 10.1. The summed E-state index contributed by atoms with van der Waals surface area (Å²) < 4.78 is 0. The maximum atomic E-state index is 13.1. The summed E-state index contributed by atoms with van der Waals surface area (Å²) in [5.74, 6) is 0.696. The van der Waals surface area contributed by atoms with Crippen molar-refractivity contribution in [1.29, 1.82) is 0 Å². The molecular formula is C20H27N5O2. The molecule has 0 saturated carbocycles. The number of aliphatic imine (C=N–C) groups is 1. The Hall–Kier alpha value is -2.57. The van der Waals surface area contributed by atoms with Crippen LogP contribution in [0.3, 0.4) is 0 Å². The highest BCUT2D eigenvalue weighted by Crippen LogP contribution is 2.34. The number of benzene rings is 1. The molecule has 1 aromatic carbocycles. The second kappa shape index (κ2) is 6.55. The number of aryl methyl sites for hydroxylation is 1. The summed E-state index contributed by atoms with van der Waals surface area (Å²) >= 11 is 0. The fourth-order valence-corrected chi connectivity index (χ4v) is 4.21. The van der Waals surface area contributed by atoms with Gasteiger partial charge in [-0.05, 0) is 37.5 Å². The van der Waals surface area contributed by atoms with Gasteiger partial charge in [-0.15, -0.1) is 0 Å². The van der Waals surface area contributed by atoms with Crippen molar-refractivity contribution >= 4 is 23.6 Å². The fraction of sp³-hybridized carbons (Fsp3) is 0.550. The minimum atomic E-state index is -0.439. The van der Waals surface area contributed by atoms with E-state index in [4.69, 9.17) is 4.99 Å². The van der Waals surface area contributed by atoms with Crippen LogP contribution in [0.2, 0.25) is 0 Å². The van der Waals surface area contributed by atoms with Crippen molar-refractivity contribution in [1.82, 2.24) is 14.7 Å². The average molecular weight is 369 g/mol. The van der Waals surface area contributed by atoms with Gasteiger partial charge >= 0.3 is 6.03 Å². The summed E-state index contributed by atoms with van der Waals surface area (Å²) in [6.07, 6.45) is 1.33. The van der Waals surface area contributed by atoms with Gasteiger partial charge in [0.1, 0.15) is 0 Å². The van der Waals surface area contributed by atoms with Crippen LogP contribution in [0, 0.1) is 13.8 Å². The lowest BCUT2D eigenvalue weighted by molar-refractivity contribution is -0.137. The molecule has 3 aliphatic rings. The van der Waals surface area contributed by atoms with Crippen molar-refractivity contribution in [2.24, 2.45) is 4.99 Å². The third-order valence-electron chi connectivity index (χ3n) is 5.98. The van der Waals surface area contributed by atoms with Gasteiger partial charge in [0, 0.05) is 32.4 Å². The molecule has 2 saturated heterocycles. The average Bonchev–Trinajstić information content (AvgIpc) is 3.21. The van der Waals surface area contributed by atoms with Gasteiger partial charge in [0.2, 0.25) is 5.96 Å². The van der Waals surface area contributed by atoms with Crippen LogP contribution >= 0.6 is 0 Å². The van der Waals surface area contributed by atoms with E-state index in [2.05, 4.69) is 48.8 Å². The number of likely N-dealkylation sites (N-methyl/N-ethyl adjacent to an activating group) is 1. The van der Waals surface area contributed by atoms with Gasteiger partial charge in [0.15, 0.2) is 12.2 Å². The van der Waals surface area contributed by atoms with Crippen molar-refractivity contribution < 1.29 is 9.59 Å². The molecule has 4 rings (SSSR count). The molecule has 2 unspecified atom stereocenters. The van der Waals surface area contributed by atoms with Crippen LogP contribution < -0.4 is 4.90 Å². The maximum absolute atomic E-state index is 13.1. The van der Waals surface area contributed by atoms with Crippen LogP contribution in [-0.2, 0) is 4.79 Å². The zero-order chi connectivity index (χ0) is 19.3. The summed E-state index contributed by atoms with van der Waals surface area (Å²) in [4.78, 5) is 37.9. The number of fused-ring (bicyclic) bond motifs is 3. The Morgan fingerprint density at radius 1 is 1.19 bits per heavy atom. The van der Waals surface area contributed by atoms with Crippen LogP contribution in [-0.4, -0.2) is 71.5 Å². The summed E-state index contributed by atoms with van der Waals surface area (Å²) in [7, 11) is 1.75. The van der Waals surface area contributed by atoms with Crippen molar-refractivity contribution in [3.05, 3.63) is 29.3 Å². The molecule has 0 aromatic heterocycles. The first-order valence-electron chi connectivity index (χ1n) is 9.72. The molecule has 0 aliphatic carbocycles. The first-order valence-corrected chi connectivity index (χ1v) is 9.72. The molecule has 3 aliphatic heterocycles. The summed E-state index contributed by atoms with van der Waals surface area (Å²) in [6, 6.07) is 5.61. The number of nitrogens with zero attached hydrogens (tertiary/aromatic N) is 5. The van der Waals surface area contributed by atoms with Crippen LogP contribution in [0.25, 0.3) is 0 Å². The Bertz CT molecular complexity index is 821. The van der Waals surface area contributed by atoms with Gasteiger partial charge in [0.25, 0.3) is 5.91 Å². The fourth-order valence-electron chi connectivity index (χ4n) is 4.21. The number of amides is 3. The van der Waals surface area contributed by atoms with Crippen molar-refractivity contribution in [3.63, 3.8) is 0 Å². The van der Waals surface area contributed by atoms with Gasteiger partial charge < -0.3 is 14.7 Å². The summed E-state index contributed by atoms with van der Waals surface area (Å²) in [5, 5.41) is 0. The Morgan fingerprint density at radius 2 is 1.96 bits per heavy atom. The quantitative estimate of drug-likeness (QED) is 0.816. The molecule has 7 nitrogen and oxygen atoms in total. The van der Waals surface area contributed by atoms with E-state index in [0.717, 1.165) is 37.6 Å². The number of urea groups is 1. The van der Waals surface area contributed by atoms with Gasteiger partial charge in [-0.3, -0.25) is 9.69 Å². The SMILES string of the molecule is CCCCN1C(=O)C2C(N=C3N(c4cccc(C)c4C)CCN32)N(C)C1=O. The normalized spacial score (nSPS) is 24.5. The topological polar surface area (TPSA) is 59.5 Å². The minimum Gasteiger partial charge on any atom is -0.325 e. The Morgan fingerprint density at radius 3 is 2.70 bits per heavy atom. The Balaban J connectivity index is 1.66. The van der Waals surface area contributed by atoms with Crippen molar-refractivity contribution in [3.8, 4) is 0 Å². The van der Waals surface area contributed by atoms with Crippen molar-refractivity contribution in [2.45, 2.75) is 45.8 Å². The number of unbranched alkanes of at least 4 members (excludes halogenated alkanes) is 1. The largest absolute Gasteiger partial charge is 0.328 e. The van der Waals surface area contributed by atoms with Crippen molar-refractivity contribution in [2.75, 3.05) is 31.6 Å². The molecule has 27 heavy (non-hydrogen) atoms. The van der Waals surface area contributed by atoms with E-state index in [9.17, 15) is 9.59 Å². The monoisotopic (exact) mass is 369 g/mol. The number of hydrogen-bond acceptors (Lipinski definition) is 5. The van der Waals surface area contributed by atoms with E-state index in [1.54, 1.807) is 11.9 Å². The number of carbonyl (C=O) groups excluding carboxylic acids is 2. The predicted octanol–water partition coefficient (Wildman–Crippen LogP) is 2.18. The number of guanidine groups is 1. The first kappa shape index (κ1) is 17.8. The molecule has 7 heteroatoms. The molecule has 2 atom stereocenters. The lowest BCUT2D eigenvalue weighted by Gasteiger charge is -2.40. The van der Waals surface area contributed by atoms with Crippen LogP contribution in [0.15, 0.2) is 23.2 Å². The second-order valence-electron chi connectivity index (χ2n) is 7.59. The third kappa shape index (κ3) is 2.59. The highest BCUT2D eigenvalue weighted by atomic mass is 16.2. The zero-order valence-corrected chi connectivity index (χ0v) is 16.5. The molecule has 0 N–H and O–H groups in total. The van der Waals surface area contributed by atoms with Crippen LogP contribution in [0.4, 0.5) is 10.5 Å². The van der Waals surface area contributed by atoms with Crippen LogP contribution in [0.5, 0.6) is 0 Å². The molecule has 0 bridgehead atoms. The van der Waals surface area contributed by atoms with Crippen LogP contribution in [0.1, 0.15) is 30.9 Å². The molecule has 2 fully saturated rings. The molecule has 1 aromatic rings. The highest BCUT2D eigenvalue weighted by Gasteiger charge is 2.54. The number of carbonyl (C=O) groups is 2. The molecule has 3 heterocycles. The van der Waals surface area contributed by atoms with Gasteiger partial charge in [-0.1, -0.05) is 25.5 Å². The number of imide groups is 1. The molecule has 0 spiro atoms. The van der Waals surface area contributed by atoms with E-state index in [0.29, 0.717) is 6.54 Å². The molecule has 0 radical (unpaired) electrons. The number of hydrogen-bond donors (Lipinski definition) is 0. The molecular weight excluding hydrogens is 342 g/mol. The lowest BCUT2D eigenvalue weighted by Crippen LogP contribution is -2.64. The standard InChI is InChI=1S/C20H27N5O2/c1-5-6-10-25-18(26)16-17(22(4)20(25)27)21-19-23(11-12-24(16)19)15-9-7-8-13(2)14(15)3/h7-9,16-17H,5-6,10-12H2,1-4H3. The van der Waals surface area contributed by atoms with E-state index >= 15 is 0 Å². The van der Waals surface area contributed by atoms with Gasteiger partial charge in [-0.2, -0.15) is 0 Å². The number of anilines is 1. The maximum Gasteiger partial charge on any atom is 0.328 e. The predicted molar refractivity (Wildman–Crippen MR) is 105 cm³/mol. The second-order valence-corrected chi connectivity index (χ2v) is 7.59. The number of rotatable bonds is 4. The smallest absolute Gasteiger partial charge is 0.325 e. The van der Waals surface area contributed by atoms with E-state index in [1.807, 2.05) is 0 Å². The molecule has 3 amide bonds. The Kier molecular flexibility index (Phi) is 4.32.